The zero-order valence-corrected chi connectivity index (χ0v) is 15.3. The largest absolute Gasteiger partial charge is 0.376 e. The van der Waals surface area contributed by atoms with Gasteiger partial charge in [0.1, 0.15) is 5.82 Å². The molecule has 2 heterocycles. The van der Waals surface area contributed by atoms with Crippen LogP contribution in [-0.2, 0) is 17.8 Å². The highest BCUT2D eigenvalue weighted by Crippen LogP contribution is 2.16. The Morgan fingerprint density at radius 2 is 2.26 bits per heavy atom. The highest BCUT2D eigenvalue weighted by Gasteiger charge is 2.23. The molecular formula is C19H24F2N4O2. The van der Waals surface area contributed by atoms with E-state index in [4.69, 9.17) is 4.74 Å². The van der Waals surface area contributed by atoms with E-state index in [2.05, 4.69) is 10.3 Å². The van der Waals surface area contributed by atoms with Crippen molar-refractivity contribution in [2.24, 2.45) is 0 Å². The molecule has 0 bridgehead atoms. The second-order valence-corrected chi connectivity index (χ2v) is 6.57. The second-order valence-electron chi connectivity index (χ2n) is 6.57. The average molecular weight is 378 g/mol. The fraction of sp³-hybridized carbons (Fsp3) is 0.474. The van der Waals surface area contributed by atoms with Crippen molar-refractivity contribution < 1.29 is 18.3 Å². The van der Waals surface area contributed by atoms with Gasteiger partial charge in [-0.15, -0.1) is 0 Å². The van der Waals surface area contributed by atoms with Gasteiger partial charge in [0.25, 0.3) is 0 Å². The first-order valence-electron chi connectivity index (χ1n) is 9.15. The summed E-state index contributed by atoms with van der Waals surface area (Å²) >= 11 is 0. The van der Waals surface area contributed by atoms with E-state index in [-0.39, 0.29) is 12.1 Å². The van der Waals surface area contributed by atoms with E-state index >= 15 is 0 Å². The molecule has 2 amide bonds. The molecule has 1 unspecified atom stereocenters. The third kappa shape index (κ3) is 5.03. The fourth-order valence-corrected chi connectivity index (χ4v) is 3.16. The van der Waals surface area contributed by atoms with Crippen LogP contribution < -0.4 is 5.32 Å². The first kappa shape index (κ1) is 19.3. The van der Waals surface area contributed by atoms with Crippen LogP contribution in [-0.4, -0.2) is 46.3 Å². The number of ether oxygens (including phenoxy) is 1. The molecule has 1 aliphatic rings. The van der Waals surface area contributed by atoms with E-state index in [9.17, 15) is 13.6 Å². The lowest BCUT2D eigenvalue weighted by Crippen LogP contribution is -2.43. The van der Waals surface area contributed by atoms with Crippen molar-refractivity contribution in [2.45, 2.75) is 39.0 Å². The number of amides is 2. The molecule has 0 aliphatic carbocycles. The Hall–Kier alpha value is -2.48. The number of aromatic nitrogens is 2. The molecule has 1 atom stereocenters. The molecule has 146 valence electrons. The van der Waals surface area contributed by atoms with Gasteiger partial charge in [0.2, 0.25) is 0 Å². The van der Waals surface area contributed by atoms with Crippen LogP contribution in [0.2, 0.25) is 0 Å². The number of halogens is 2. The molecule has 0 saturated carbocycles. The lowest BCUT2D eigenvalue weighted by Gasteiger charge is -2.25. The van der Waals surface area contributed by atoms with E-state index in [1.165, 1.54) is 12.1 Å². The van der Waals surface area contributed by atoms with Crippen LogP contribution >= 0.6 is 0 Å². The number of imidazole rings is 1. The summed E-state index contributed by atoms with van der Waals surface area (Å²) in [4.78, 5) is 18.5. The SMILES string of the molecule is CCNC(=O)N(Cc1nccn1Cc1ccc(F)c(F)c1)CC1CCCO1. The minimum atomic E-state index is -0.878. The summed E-state index contributed by atoms with van der Waals surface area (Å²) in [5.74, 6) is -1.08. The molecule has 6 nitrogen and oxygen atoms in total. The zero-order valence-electron chi connectivity index (χ0n) is 15.3. The van der Waals surface area contributed by atoms with Gasteiger partial charge in [-0.05, 0) is 37.5 Å². The van der Waals surface area contributed by atoms with Gasteiger partial charge in [0.15, 0.2) is 11.6 Å². The predicted molar refractivity (Wildman–Crippen MR) is 96.1 cm³/mol. The number of urea groups is 1. The molecule has 27 heavy (non-hydrogen) atoms. The Morgan fingerprint density at radius 1 is 1.41 bits per heavy atom. The van der Waals surface area contributed by atoms with Crippen molar-refractivity contribution in [2.75, 3.05) is 19.7 Å². The van der Waals surface area contributed by atoms with Crippen molar-refractivity contribution in [3.63, 3.8) is 0 Å². The van der Waals surface area contributed by atoms with E-state index in [0.717, 1.165) is 25.5 Å². The molecule has 1 aromatic heterocycles. The van der Waals surface area contributed by atoms with Crippen LogP contribution in [0, 0.1) is 11.6 Å². The summed E-state index contributed by atoms with van der Waals surface area (Å²) in [6, 6.07) is 3.65. The maximum absolute atomic E-state index is 13.5. The fourth-order valence-electron chi connectivity index (χ4n) is 3.16. The van der Waals surface area contributed by atoms with Crippen LogP contribution in [0.3, 0.4) is 0 Å². The molecule has 0 radical (unpaired) electrons. The molecule has 3 rings (SSSR count). The average Bonchev–Trinajstić information content (AvgIpc) is 3.30. The summed E-state index contributed by atoms with van der Waals surface area (Å²) < 4.78 is 34.1. The minimum absolute atomic E-state index is 0.0298. The van der Waals surface area contributed by atoms with Crippen LogP contribution in [0.5, 0.6) is 0 Å². The predicted octanol–water partition coefficient (Wildman–Crippen LogP) is 2.92. The van der Waals surface area contributed by atoms with Crippen molar-refractivity contribution in [1.82, 2.24) is 19.8 Å². The van der Waals surface area contributed by atoms with Crippen molar-refractivity contribution >= 4 is 6.03 Å². The first-order valence-corrected chi connectivity index (χ1v) is 9.15. The molecule has 2 aromatic rings. The van der Waals surface area contributed by atoms with Gasteiger partial charge in [-0.2, -0.15) is 0 Å². The minimum Gasteiger partial charge on any atom is -0.376 e. The summed E-state index contributed by atoms with van der Waals surface area (Å²) in [6.45, 7) is 4.26. The van der Waals surface area contributed by atoms with Gasteiger partial charge >= 0.3 is 6.03 Å². The normalized spacial score (nSPS) is 16.5. The van der Waals surface area contributed by atoms with Gasteiger partial charge in [-0.3, -0.25) is 0 Å². The van der Waals surface area contributed by atoms with Crippen LogP contribution in [0.4, 0.5) is 13.6 Å². The van der Waals surface area contributed by atoms with Crippen LogP contribution in [0.25, 0.3) is 0 Å². The smallest absolute Gasteiger partial charge is 0.317 e. The quantitative estimate of drug-likeness (QED) is 0.806. The molecule has 8 heteroatoms. The molecule has 1 aromatic carbocycles. The number of benzene rings is 1. The van der Waals surface area contributed by atoms with E-state index in [1.807, 2.05) is 11.5 Å². The lowest BCUT2D eigenvalue weighted by atomic mass is 10.2. The first-order chi connectivity index (χ1) is 13.1. The van der Waals surface area contributed by atoms with Crippen molar-refractivity contribution in [1.29, 1.82) is 0 Å². The Kier molecular flexibility index (Phi) is 6.39. The highest BCUT2D eigenvalue weighted by atomic mass is 19.2. The Morgan fingerprint density at radius 3 is 2.96 bits per heavy atom. The molecular weight excluding hydrogens is 354 g/mol. The van der Waals surface area contributed by atoms with Crippen molar-refractivity contribution in [3.05, 3.63) is 53.6 Å². The van der Waals surface area contributed by atoms with Crippen molar-refractivity contribution in [3.8, 4) is 0 Å². The number of nitrogens with one attached hydrogen (secondary N) is 1. The van der Waals surface area contributed by atoms with Gasteiger partial charge in [-0.1, -0.05) is 6.07 Å². The van der Waals surface area contributed by atoms with Crippen LogP contribution in [0.15, 0.2) is 30.6 Å². The lowest BCUT2D eigenvalue weighted by molar-refractivity contribution is 0.0787. The monoisotopic (exact) mass is 378 g/mol. The van der Waals surface area contributed by atoms with E-state index in [1.54, 1.807) is 17.3 Å². The number of rotatable bonds is 7. The Labute approximate surface area is 157 Å². The van der Waals surface area contributed by atoms with E-state index in [0.29, 0.717) is 37.6 Å². The highest BCUT2D eigenvalue weighted by molar-refractivity contribution is 5.74. The zero-order chi connectivity index (χ0) is 19.2. The Balaban J connectivity index is 1.72. The third-order valence-electron chi connectivity index (χ3n) is 4.53. The van der Waals surface area contributed by atoms with Crippen LogP contribution in [0.1, 0.15) is 31.2 Å². The molecule has 1 N–H and O–H groups in total. The summed E-state index contributed by atoms with van der Waals surface area (Å²) in [6.07, 6.45) is 5.36. The number of hydrogen-bond donors (Lipinski definition) is 1. The number of nitrogens with zero attached hydrogens (tertiary/aromatic N) is 3. The second kappa shape index (κ2) is 8.94. The van der Waals surface area contributed by atoms with Gasteiger partial charge < -0.3 is 19.5 Å². The summed E-state index contributed by atoms with van der Waals surface area (Å²) in [5, 5.41) is 2.82. The number of carbonyl (C=O) groups is 1. The molecule has 0 spiro atoms. The van der Waals surface area contributed by atoms with Gasteiger partial charge in [0, 0.05) is 38.6 Å². The third-order valence-corrected chi connectivity index (χ3v) is 4.53. The topological polar surface area (TPSA) is 59.4 Å². The molecule has 1 saturated heterocycles. The molecule has 1 aliphatic heterocycles. The summed E-state index contributed by atoms with van der Waals surface area (Å²) in [7, 11) is 0. The van der Waals surface area contributed by atoms with Gasteiger partial charge in [-0.25, -0.2) is 18.6 Å². The molecule has 1 fully saturated rings. The number of hydrogen-bond acceptors (Lipinski definition) is 3. The van der Waals surface area contributed by atoms with Gasteiger partial charge in [0.05, 0.1) is 12.6 Å². The maximum Gasteiger partial charge on any atom is 0.317 e. The summed E-state index contributed by atoms with van der Waals surface area (Å²) in [5.41, 5.74) is 0.622. The number of carbonyl (C=O) groups excluding carboxylic acids is 1. The maximum atomic E-state index is 13.5. The standard InChI is InChI=1S/C19H24F2N4O2/c1-2-22-19(26)25(12-15-4-3-9-27-15)13-18-23-7-8-24(18)11-14-5-6-16(20)17(21)10-14/h5-8,10,15H,2-4,9,11-13H2,1H3,(H,22,26). The Bertz CT molecular complexity index is 775. The van der Waals surface area contributed by atoms with E-state index < -0.39 is 11.6 Å².